The van der Waals surface area contributed by atoms with Crippen LogP contribution in [-0.4, -0.2) is 29.9 Å². The molecule has 0 aromatic carbocycles. The highest BCUT2D eigenvalue weighted by molar-refractivity contribution is 4.52. The maximum Gasteiger partial charge on any atom is 0.158 e. The normalized spacial score (nSPS) is 9.82. The molecule has 0 spiro atoms. The highest BCUT2D eigenvalue weighted by atomic mass is 16.8. The molecule has 0 fully saturated rings. The fourth-order valence-corrected chi connectivity index (χ4v) is 0.565. The van der Waals surface area contributed by atoms with E-state index in [-0.39, 0.29) is 0 Å². The van der Waals surface area contributed by atoms with E-state index in [1.54, 1.807) is 0 Å². The van der Waals surface area contributed by atoms with Crippen molar-refractivity contribution < 1.29 is 4.94 Å². The van der Waals surface area contributed by atoms with E-state index in [2.05, 4.69) is 20.2 Å². The minimum atomic E-state index is 1.16. The Labute approximate surface area is 61.2 Å². The molecule has 0 bridgehead atoms. The molecule has 0 unspecified atom stereocenters. The number of nitrogens with zero attached hydrogens (tertiary/aromatic N) is 6. The molecule has 7 heteroatoms. The Morgan fingerprint density at radius 3 is 1.82 bits per heavy atom. The van der Waals surface area contributed by atoms with Gasteiger partial charge in [-0.25, -0.2) is 14.9 Å². The molecule has 0 amide bonds. The van der Waals surface area contributed by atoms with E-state index in [0.29, 0.717) is 0 Å². The quantitative estimate of drug-likeness (QED) is 0.538. The second-order valence-corrected chi connectivity index (χ2v) is 1.68. The van der Waals surface area contributed by atoms with Crippen molar-refractivity contribution in [3.05, 3.63) is 25.3 Å². The Hall–Kier alpha value is -1.92. The summed E-state index contributed by atoms with van der Waals surface area (Å²) in [5, 5.41) is 7.37. The summed E-state index contributed by atoms with van der Waals surface area (Å²) in [5.41, 5.74) is 0. The molecule has 0 aliphatic carbocycles. The molecular weight excluding hydrogens is 148 g/mol. The summed E-state index contributed by atoms with van der Waals surface area (Å²) < 4.78 is 0. The van der Waals surface area contributed by atoms with Gasteiger partial charge in [-0.1, -0.05) is 9.69 Å². The fourth-order valence-electron chi connectivity index (χ4n) is 0.565. The van der Waals surface area contributed by atoms with Crippen LogP contribution in [0.5, 0.6) is 0 Å². The third kappa shape index (κ3) is 1.16. The summed E-state index contributed by atoms with van der Waals surface area (Å²) in [5.74, 6) is 0. The zero-order valence-corrected chi connectivity index (χ0v) is 5.40. The van der Waals surface area contributed by atoms with E-state index in [1.807, 2.05) is 0 Å². The van der Waals surface area contributed by atoms with Crippen LogP contribution in [0.15, 0.2) is 25.3 Å². The van der Waals surface area contributed by atoms with Crippen molar-refractivity contribution in [2.24, 2.45) is 0 Å². The Morgan fingerprint density at radius 2 is 1.45 bits per heavy atom. The first-order valence-corrected chi connectivity index (χ1v) is 2.83. The van der Waals surface area contributed by atoms with Gasteiger partial charge in [0.15, 0.2) is 12.7 Å². The molecule has 2 aromatic rings. The zero-order valence-electron chi connectivity index (χ0n) is 5.40. The summed E-state index contributed by atoms with van der Waals surface area (Å²) >= 11 is 0. The van der Waals surface area contributed by atoms with E-state index in [1.165, 1.54) is 25.3 Å². The highest BCUT2D eigenvalue weighted by Crippen LogP contribution is 1.76. The largest absolute Gasteiger partial charge is 0.244 e. The minimum Gasteiger partial charge on any atom is -0.244 e. The maximum absolute atomic E-state index is 4.94. The monoisotopic (exact) mass is 152 g/mol. The molecule has 0 aliphatic heterocycles. The first kappa shape index (κ1) is 5.83. The van der Waals surface area contributed by atoms with Gasteiger partial charge < -0.3 is 0 Å². The van der Waals surface area contributed by atoms with Gasteiger partial charge in [-0.15, -0.1) is 10.2 Å². The van der Waals surface area contributed by atoms with Gasteiger partial charge in [0.05, 0.1) is 0 Å². The standard InChI is InChI=1S/C4H4N6O/c1-5-3-9(7-1)11-10-4-6-2-8-10/h1-4H. The second-order valence-electron chi connectivity index (χ2n) is 1.68. The van der Waals surface area contributed by atoms with Crippen LogP contribution in [-0.2, 0) is 0 Å². The molecule has 2 aromatic heterocycles. The van der Waals surface area contributed by atoms with Crippen LogP contribution in [0.3, 0.4) is 0 Å². The van der Waals surface area contributed by atoms with E-state index < -0.39 is 0 Å². The lowest BCUT2D eigenvalue weighted by Gasteiger charge is -1.97. The summed E-state index contributed by atoms with van der Waals surface area (Å²) in [6, 6.07) is 0. The average molecular weight is 152 g/mol. The summed E-state index contributed by atoms with van der Waals surface area (Å²) in [4.78, 5) is 14.6. The van der Waals surface area contributed by atoms with Crippen LogP contribution < -0.4 is 4.94 Å². The number of hydrogen-bond acceptors (Lipinski definition) is 5. The lowest BCUT2D eigenvalue weighted by Crippen LogP contribution is -2.18. The van der Waals surface area contributed by atoms with Crippen molar-refractivity contribution in [2.75, 3.05) is 0 Å². The van der Waals surface area contributed by atoms with Gasteiger partial charge >= 0.3 is 0 Å². The van der Waals surface area contributed by atoms with E-state index in [4.69, 9.17) is 4.94 Å². The molecule has 0 aliphatic rings. The Kier molecular flexibility index (Phi) is 1.26. The van der Waals surface area contributed by atoms with E-state index in [0.717, 1.165) is 9.69 Å². The molecule has 0 saturated heterocycles. The fraction of sp³-hybridized carbons (Fsp3) is 0. The summed E-state index contributed by atoms with van der Waals surface area (Å²) in [7, 11) is 0. The molecule has 0 saturated carbocycles. The molecule has 0 N–H and O–H groups in total. The van der Waals surface area contributed by atoms with Crippen LogP contribution in [0.2, 0.25) is 0 Å². The van der Waals surface area contributed by atoms with Crippen LogP contribution in [0.1, 0.15) is 0 Å². The minimum absolute atomic E-state index is 1.16. The SMILES string of the molecule is c1ncn(On2cncn2)n1. The van der Waals surface area contributed by atoms with Gasteiger partial charge in [0.1, 0.15) is 12.7 Å². The van der Waals surface area contributed by atoms with E-state index >= 15 is 0 Å². The van der Waals surface area contributed by atoms with Gasteiger partial charge in [-0.3, -0.25) is 0 Å². The predicted molar refractivity (Wildman–Crippen MR) is 32.0 cm³/mol. The van der Waals surface area contributed by atoms with Crippen molar-refractivity contribution in [3.63, 3.8) is 0 Å². The van der Waals surface area contributed by atoms with Gasteiger partial charge in [0.25, 0.3) is 0 Å². The van der Waals surface area contributed by atoms with Crippen molar-refractivity contribution in [2.45, 2.75) is 0 Å². The molecule has 2 rings (SSSR count). The molecule has 7 nitrogen and oxygen atoms in total. The topological polar surface area (TPSA) is 70.7 Å². The molecule has 11 heavy (non-hydrogen) atoms. The maximum atomic E-state index is 4.94. The number of rotatable bonds is 2. The third-order valence-corrected chi connectivity index (χ3v) is 0.962. The van der Waals surface area contributed by atoms with Crippen molar-refractivity contribution in [3.8, 4) is 0 Å². The lowest BCUT2D eigenvalue weighted by atomic mass is 11.3. The van der Waals surface area contributed by atoms with Gasteiger partial charge in [-0.2, -0.15) is 0 Å². The lowest BCUT2D eigenvalue weighted by molar-refractivity contribution is -0.0103. The molecule has 56 valence electrons. The Balaban J connectivity index is 2.14. The van der Waals surface area contributed by atoms with E-state index in [9.17, 15) is 0 Å². The van der Waals surface area contributed by atoms with Crippen LogP contribution >= 0.6 is 0 Å². The zero-order chi connectivity index (χ0) is 7.52. The second kappa shape index (κ2) is 2.37. The highest BCUT2D eigenvalue weighted by Gasteiger charge is 1.92. The van der Waals surface area contributed by atoms with Gasteiger partial charge in [-0.05, 0) is 0 Å². The Morgan fingerprint density at radius 1 is 0.909 bits per heavy atom. The predicted octanol–water partition coefficient (Wildman–Crippen LogP) is -1.24. The summed E-state index contributed by atoms with van der Waals surface area (Å²) in [6.07, 6.45) is 5.53. The van der Waals surface area contributed by atoms with Crippen LogP contribution in [0.25, 0.3) is 0 Å². The Bertz CT molecular complexity index is 267. The third-order valence-electron chi connectivity index (χ3n) is 0.962. The van der Waals surface area contributed by atoms with Crippen molar-refractivity contribution in [1.82, 2.24) is 29.9 Å². The molecule has 0 atom stereocenters. The molecule has 2 heterocycles. The van der Waals surface area contributed by atoms with Crippen molar-refractivity contribution >= 4 is 0 Å². The van der Waals surface area contributed by atoms with Gasteiger partial charge in [0, 0.05) is 0 Å². The molecule has 0 radical (unpaired) electrons. The number of aromatic nitrogens is 6. The summed E-state index contributed by atoms with van der Waals surface area (Å²) in [6.45, 7) is 0. The first-order chi connectivity index (χ1) is 5.45. The van der Waals surface area contributed by atoms with Crippen LogP contribution in [0.4, 0.5) is 0 Å². The van der Waals surface area contributed by atoms with Crippen LogP contribution in [0, 0.1) is 0 Å². The van der Waals surface area contributed by atoms with Gasteiger partial charge in [0.2, 0.25) is 0 Å². The number of hydrogen-bond donors (Lipinski definition) is 0. The molecular formula is C4H4N6O. The first-order valence-electron chi connectivity index (χ1n) is 2.83. The van der Waals surface area contributed by atoms with Crippen molar-refractivity contribution in [1.29, 1.82) is 0 Å². The average Bonchev–Trinajstić information content (AvgIpc) is 2.60. The smallest absolute Gasteiger partial charge is 0.158 e.